The fraction of sp³-hybridized carbons (Fsp3) is 0.385. The first-order valence-corrected chi connectivity index (χ1v) is 6.12. The van der Waals surface area contributed by atoms with Crippen LogP contribution in [0, 0.1) is 0 Å². The van der Waals surface area contributed by atoms with E-state index < -0.39 is 0 Å². The molecule has 1 aliphatic heterocycles. The maximum atomic E-state index is 11.8. The van der Waals surface area contributed by atoms with Gasteiger partial charge in [0.05, 0.1) is 17.9 Å². The Labute approximate surface area is 106 Å². The van der Waals surface area contributed by atoms with Gasteiger partial charge in [0.15, 0.2) is 0 Å². The van der Waals surface area contributed by atoms with Crippen LogP contribution in [0.3, 0.4) is 0 Å². The van der Waals surface area contributed by atoms with Crippen molar-refractivity contribution >= 4 is 23.2 Å². The van der Waals surface area contributed by atoms with E-state index in [1.165, 1.54) is 4.90 Å². The van der Waals surface area contributed by atoms with Crippen molar-refractivity contribution < 1.29 is 9.59 Å². The van der Waals surface area contributed by atoms with Gasteiger partial charge in [0.2, 0.25) is 11.8 Å². The minimum absolute atomic E-state index is 0.0809. The van der Waals surface area contributed by atoms with E-state index in [1.54, 1.807) is 0 Å². The molecule has 1 aromatic rings. The molecule has 96 valence electrons. The van der Waals surface area contributed by atoms with E-state index in [2.05, 4.69) is 10.6 Å². The van der Waals surface area contributed by atoms with Crippen LogP contribution in [0.15, 0.2) is 24.3 Å². The van der Waals surface area contributed by atoms with Gasteiger partial charge < -0.3 is 10.6 Å². The second kappa shape index (κ2) is 5.53. The molecule has 1 aromatic carbocycles. The van der Waals surface area contributed by atoms with Gasteiger partial charge in [-0.05, 0) is 18.6 Å². The maximum absolute atomic E-state index is 11.8. The van der Waals surface area contributed by atoms with Crippen LogP contribution < -0.4 is 15.5 Å². The Balaban J connectivity index is 2.12. The summed E-state index contributed by atoms with van der Waals surface area (Å²) >= 11 is 0. The van der Waals surface area contributed by atoms with Crippen molar-refractivity contribution in [2.75, 3.05) is 29.9 Å². The molecule has 1 heterocycles. The normalized spacial score (nSPS) is 13.8. The monoisotopic (exact) mass is 247 g/mol. The zero-order valence-corrected chi connectivity index (χ0v) is 10.4. The molecule has 0 unspecified atom stereocenters. The summed E-state index contributed by atoms with van der Waals surface area (Å²) in [5, 5.41) is 5.81. The quantitative estimate of drug-likeness (QED) is 0.833. The van der Waals surface area contributed by atoms with Crippen molar-refractivity contribution in [2.24, 2.45) is 0 Å². The van der Waals surface area contributed by atoms with Gasteiger partial charge in [-0.3, -0.25) is 14.5 Å². The van der Waals surface area contributed by atoms with Crippen molar-refractivity contribution in [1.29, 1.82) is 0 Å². The number of anilines is 2. The van der Waals surface area contributed by atoms with Crippen molar-refractivity contribution in [3.8, 4) is 0 Å². The zero-order valence-electron chi connectivity index (χ0n) is 10.4. The first-order valence-electron chi connectivity index (χ1n) is 6.12. The number of hydrogen-bond donors (Lipinski definition) is 2. The first kappa shape index (κ1) is 12.4. The highest BCUT2D eigenvalue weighted by Crippen LogP contribution is 2.28. The average Bonchev–Trinajstić information content (AvgIpc) is 2.40. The molecule has 5 heteroatoms. The Kier molecular flexibility index (Phi) is 3.82. The van der Waals surface area contributed by atoms with Gasteiger partial charge in [-0.15, -0.1) is 0 Å². The largest absolute Gasteiger partial charge is 0.374 e. The molecule has 1 aliphatic rings. The molecule has 0 aromatic heterocycles. The molecule has 2 N–H and O–H groups in total. The number of carbonyl (C=O) groups is 2. The number of fused-ring (bicyclic) bond motifs is 1. The van der Waals surface area contributed by atoms with Crippen LogP contribution in [-0.4, -0.2) is 31.4 Å². The van der Waals surface area contributed by atoms with E-state index in [9.17, 15) is 9.59 Å². The Bertz CT molecular complexity index is 459. The second-order valence-corrected chi connectivity index (χ2v) is 4.20. The molecular weight excluding hydrogens is 230 g/mol. The lowest BCUT2D eigenvalue weighted by Crippen LogP contribution is -2.45. The van der Waals surface area contributed by atoms with Gasteiger partial charge in [-0.1, -0.05) is 19.1 Å². The fourth-order valence-electron chi connectivity index (χ4n) is 1.90. The fourth-order valence-corrected chi connectivity index (χ4v) is 1.90. The molecular formula is C13H17N3O2. The summed E-state index contributed by atoms with van der Waals surface area (Å²) in [5.74, 6) is -0.206. The molecule has 0 saturated heterocycles. The Hall–Kier alpha value is -2.04. The number of benzene rings is 1. The SMILES string of the molecule is CCCNC(=O)CN1C(=O)CNc2ccccc21. The number of hydrogen-bond acceptors (Lipinski definition) is 3. The summed E-state index contributed by atoms with van der Waals surface area (Å²) in [7, 11) is 0. The van der Waals surface area contributed by atoms with Crippen molar-refractivity contribution in [1.82, 2.24) is 5.32 Å². The highest BCUT2D eigenvalue weighted by atomic mass is 16.2. The smallest absolute Gasteiger partial charge is 0.246 e. The van der Waals surface area contributed by atoms with E-state index in [0.29, 0.717) is 6.54 Å². The second-order valence-electron chi connectivity index (χ2n) is 4.20. The van der Waals surface area contributed by atoms with Crippen molar-refractivity contribution in [2.45, 2.75) is 13.3 Å². The standard InChI is InChI=1S/C13H17N3O2/c1-2-7-14-12(17)9-16-11-6-4-3-5-10(11)15-8-13(16)18/h3-6,15H,2,7-9H2,1H3,(H,14,17). The van der Waals surface area contributed by atoms with Crippen LogP contribution in [0.1, 0.15) is 13.3 Å². The number of rotatable bonds is 4. The van der Waals surface area contributed by atoms with Gasteiger partial charge in [-0.2, -0.15) is 0 Å². The number of amides is 2. The van der Waals surface area contributed by atoms with Gasteiger partial charge in [0.1, 0.15) is 6.54 Å². The predicted octanol–water partition coefficient (Wildman–Crippen LogP) is 0.971. The third kappa shape index (κ3) is 2.61. The van der Waals surface area contributed by atoms with Crippen LogP contribution >= 0.6 is 0 Å². The molecule has 5 nitrogen and oxygen atoms in total. The predicted molar refractivity (Wildman–Crippen MR) is 70.6 cm³/mol. The molecule has 0 saturated carbocycles. The summed E-state index contributed by atoms with van der Waals surface area (Å²) in [6, 6.07) is 7.50. The summed E-state index contributed by atoms with van der Waals surface area (Å²) in [6.07, 6.45) is 0.887. The summed E-state index contributed by atoms with van der Waals surface area (Å²) in [6.45, 7) is 2.95. The highest BCUT2D eigenvalue weighted by molar-refractivity contribution is 6.05. The topological polar surface area (TPSA) is 61.4 Å². The van der Waals surface area contributed by atoms with E-state index >= 15 is 0 Å². The van der Waals surface area contributed by atoms with Crippen molar-refractivity contribution in [3.05, 3.63) is 24.3 Å². The first-order chi connectivity index (χ1) is 8.72. The number of nitrogens with one attached hydrogen (secondary N) is 2. The summed E-state index contributed by atoms with van der Waals surface area (Å²) in [4.78, 5) is 25.1. The molecule has 0 aliphatic carbocycles. The number of para-hydroxylation sites is 2. The molecule has 0 atom stereocenters. The molecule has 2 rings (SSSR count). The third-order valence-electron chi connectivity index (χ3n) is 2.80. The number of nitrogens with zero attached hydrogens (tertiary/aromatic N) is 1. The van der Waals surface area contributed by atoms with Crippen LogP contribution in [-0.2, 0) is 9.59 Å². The van der Waals surface area contributed by atoms with Gasteiger partial charge >= 0.3 is 0 Å². The molecule has 18 heavy (non-hydrogen) atoms. The minimum atomic E-state index is -0.123. The zero-order chi connectivity index (χ0) is 13.0. The van der Waals surface area contributed by atoms with E-state index in [1.807, 2.05) is 31.2 Å². The Morgan fingerprint density at radius 3 is 3.00 bits per heavy atom. The van der Waals surface area contributed by atoms with E-state index in [0.717, 1.165) is 17.8 Å². The summed E-state index contributed by atoms with van der Waals surface area (Å²) < 4.78 is 0. The minimum Gasteiger partial charge on any atom is -0.374 e. The van der Waals surface area contributed by atoms with Crippen LogP contribution in [0.25, 0.3) is 0 Å². The Morgan fingerprint density at radius 1 is 1.44 bits per heavy atom. The third-order valence-corrected chi connectivity index (χ3v) is 2.80. The molecule has 0 spiro atoms. The van der Waals surface area contributed by atoms with Crippen LogP contribution in [0.4, 0.5) is 11.4 Å². The van der Waals surface area contributed by atoms with Crippen molar-refractivity contribution in [3.63, 3.8) is 0 Å². The lowest BCUT2D eigenvalue weighted by Gasteiger charge is -2.29. The lowest BCUT2D eigenvalue weighted by atomic mass is 10.2. The number of carbonyl (C=O) groups excluding carboxylic acids is 2. The molecule has 0 bridgehead atoms. The molecule has 2 amide bonds. The molecule has 0 radical (unpaired) electrons. The van der Waals surface area contributed by atoms with E-state index in [4.69, 9.17) is 0 Å². The average molecular weight is 247 g/mol. The lowest BCUT2D eigenvalue weighted by molar-refractivity contribution is -0.123. The highest BCUT2D eigenvalue weighted by Gasteiger charge is 2.24. The van der Waals surface area contributed by atoms with Crippen LogP contribution in [0.5, 0.6) is 0 Å². The molecule has 0 fully saturated rings. The van der Waals surface area contributed by atoms with Gasteiger partial charge in [0.25, 0.3) is 0 Å². The van der Waals surface area contributed by atoms with Gasteiger partial charge in [-0.25, -0.2) is 0 Å². The van der Waals surface area contributed by atoms with Gasteiger partial charge in [0, 0.05) is 6.54 Å². The summed E-state index contributed by atoms with van der Waals surface area (Å²) in [5.41, 5.74) is 1.65. The van der Waals surface area contributed by atoms with E-state index in [-0.39, 0.29) is 24.9 Å². The maximum Gasteiger partial charge on any atom is 0.246 e. The Morgan fingerprint density at radius 2 is 2.22 bits per heavy atom. The van der Waals surface area contributed by atoms with Crippen LogP contribution in [0.2, 0.25) is 0 Å².